The van der Waals surface area contributed by atoms with Crippen LogP contribution in [0.2, 0.25) is 0 Å². The van der Waals surface area contributed by atoms with Gasteiger partial charge in [0, 0.05) is 18.0 Å². The maximum absolute atomic E-state index is 12.5. The molecule has 1 fully saturated rings. The van der Waals surface area contributed by atoms with Gasteiger partial charge >= 0.3 is 0 Å². The van der Waals surface area contributed by atoms with Crippen LogP contribution in [0.15, 0.2) is 54.6 Å². The molecule has 0 radical (unpaired) electrons. The Labute approximate surface area is 167 Å². The molecule has 1 aliphatic rings. The number of ether oxygens (including phenoxy) is 2. The van der Waals surface area contributed by atoms with Crippen LogP contribution in [0.4, 0.5) is 0 Å². The van der Waals surface area contributed by atoms with Crippen LogP contribution in [0.3, 0.4) is 0 Å². The Morgan fingerprint density at radius 1 is 1.04 bits per heavy atom. The third-order valence-corrected chi connectivity index (χ3v) is 5.73. The van der Waals surface area contributed by atoms with Gasteiger partial charge in [-0.05, 0) is 48.6 Å². The lowest BCUT2D eigenvalue weighted by Crippen LogP contribution is -2.38. The van der Waals surface area contributed by atoms with Gasteiger partial charge in [0.15, 0.2) is 11.5 Å². The Morgan fingerprint density at radius 3 is 2.36 bits per heavy atom. The molecule has 3 rings (SSSR count). The topological polar surface area (TPSA) is 47.6 Å². The molecule has 0 spiro atoms. The van der Waals surface area contributed by atoms with Crippen molar-refractivity contribution in [1.82, 2.24) is 5.32 Å². The van der Waals surface area contributed by atoms with Gasteiger partial charge in [0.1, 0.15) is 0 Å². The predicted molar refractivity (Wildman–Crippen MR) is 113 cm³/mol. The van der Waals surface area contributed by atoms with Crippen molar-refractivity contribution in [3.8, 4) is 11.5 Å². The molecule has 1 N–H and O–H groups in total. The van der Waals surface area contributed by atoms with E-state index in [0.717, 1.165) is 35.5 Å². The van der Waals surface area contributed by atoms with E-state index in [1.54, 1.807) is 20.3 Å². The summed E-state index contributed by atoms with van der Waals surface area (Å²) < 4.78 is 10.9. The van der Waals surface area contributed by atoms with Gasteiger partial charge in [-0.3, -0.25) is 4.79 Å². The highest BCUT2D eigenvalue weighted by atomic mass is 16.5. The fraction of sp³-hybridized carbons (Fsp3) is 0.375. The number of carbonyl (C=O) groups is 1. The highest BCUT2D eigenvalue weighted by Gasteiger charge is 2.36. The molecule has 28 heavy (non-hydrogen) atoms. The second kappa shape index (κ2) is 8.96. The third-order valence-electron chi connectivity index (χ3n) is 5.73. The highest BCUT2D eigenvalue weighted by molar-refractivity contribution is 5.94. The minimum atomic E-state index is -0.0519. The Morgan fingerprint density at radius 2 is 1.71 bits per heavy atom. The fourth-order valence-corrected chi connectivity index (χ4v) is 4.07. The summed E-state index contributed by atoms with van der Waals surface area (Å²) in [7, 11) is 3.30. The largest absolute Gasteiger partial charge is 0.493 e. The van der Waals surface area contributed by atoms with E-state index < -0.39 is 0 Å². The quantitative estimate of drug-likeness (QED) is 0.707. The molecule has 148 valence electrons. The lowest BCUT2D eigenvalue weighted by atomic mass is 9.78. The van der Waals surface area contributed by atoms with Crippen LogP contribution in [0.5, 0.6) is 11.5 Å². The zero-order valence-corrected chi connectivity index (χ0v) is 17.0. The summed E-state index contributed by atoms with van der Waals surface area (Å²) in [4.78, 5) is 12.5. The standard InChI is InChI=1S/C24H29NO3/c1-18(19-9-5-4-6-10-19)15-23(26)25-17-24(13-7-8-14-24)20-11-12-21(27-2)22(16-20)28-3/h4-6,9-12,15-16H,7-8,13-14,17H2,1-3H3,(H,25,26)/b18-15+. The fourth-order valence-electron chi connectivity index (χ4n) is 4.07. The van der Waals surface area contributed by atoms with E-state index >= 15 is 0 Å². The first-order valence-electron chi connectivity index (χ1n) is 9.82. The van der Waals surface area contributed by atoms with Crippen molar-refractivity contribution in [3.63, 3.8) is 0 Å². The summed E-state index contributed by atoms with van der Waals surface area (Å²) in [5, 5.41) is 3.14. The van der Waals surface area contributed by atoms with Gasteiger partial charge < -0.3 is 14.8 Å². The molecule has 4 nitrogen and oxygen atoms in total. The SMILES string of the molecule is COc1ccc(C2(CNC(=O)/C=C(\C)c3ccccc3)CCCC2)cc1OC. The zero-order valence-electron chi connectivity index (χ0n) is 17.0. The summed E-state index contributed by atoms with van der Waals surface area (Å²) in [6.45, 7) is 2.59. The van der Waals surface area contributed by atoms with E-state index in [0.29, 0.717) is 6.54 Å². The first kappa shape index (κ1) is 20.0. The predicted octanol–water partition coefficient (Wildman–Crippen LogP) is 4.74. The van der Waals surface area contributed by atoms with Crippen molar-refractivity contribution in [2.75, 3.05) is 20.8 Å². The van der Waals surface area contributed by atoms with Crippen LogP contribution in [0, 0.1) is 0 Å². The van der Waals surface area contributed by atoms with Crippen LogP contribution >= 0.6 is 0 Å². The lowest BCUT2D eigenvalue weighted by Gasteiger charge is -2.30. The average molecular weight is 380 g/mol. The number of hydrogen-bond donors (Lipinski definition) is 1. The number of carbonyl (C=O) groups excluding carboxylic acids is 1. The monoisotopic (exact) mass is 379 g/mol. The summed E-state index contributed by atoms with van der Waals surface area (Å²) in [6, 6.07) is 16.1. The van der Waals surface area contributed by atoms with E-state index in [4.69, 9.17) is 9.47 Å². The molecule has 1 amide bonds. The third kappa shape index (κ3) is 4.38. The highest BCUT2D eigenvalue weighted by Crippen LogP contribution is 2.43. The number of methoxy groups -OCH3 is 2. The van der Waals surface area contributed by atoms with Gasteiger partial charge in [0.05, 0.1) is 14.2 Å². The molecule has 0 bridgehead atoms. The molecule has 4 heteroatoms. The maximum atomic E-state index is 12.5. The Balaban J connectivity index is 1.75. The molecule has 2 aromatic carbocycles. The van der Waals surface area contributed by atoms with Crippen molar-refractivity contribution < 1.29 is 14.3 Å². The minimum absolute atomic E-state index is 0.0481. The van der Waals surface area contributed by atoms with E-state index in [1.165, 1.54) is 18.4 Å². The molecule has 0 aromatic heterocycles. The van der Waals surface area contributed by atoms with E-state index in [9.17, 15) is 4.79 Å². The van der Waals surface area contributed by atoms with Gasteiger partial charge in [-0.1, -0.05) is 49.2 Å². The van der Waals surface area contributed by atoms with Crippen molar-refractivity contribution in [1.29, 1.82) is 0 Å². The number of amides is 1. The van der Waals surface area contributed by atoms with E-state index in [1.807, 2.05) is 43.3 Å². The Bertz CT molecular complexity index is 836. The van der Waals surface area contributed by atoms with Crippen molar-refractivity contribution in [2.45, 2.75) is 38.0 Å². The van der Waals surface area contributed by atoms with Crippen LogP contribution in [0.25, 0.3) is 5.57 Å². The number of hydrogen-bond acceptors (Lipinski definition) is 3. The Hall–Kier alpha value is -2.75. The van der Waals surface area contributed by atoms with Crippen LogP contribution in [0.1, 0.15) is 43.7 Å². The van der Waals surface area contributed by atoms with Crippen LogP contribution in [-0.2, 0) is 10.2 Å². The van der Waals surface area contributed by atoms with Crippen LogP contribution < -0.4 is 14.8 Å². The van der Waals surface area contributed by atoms with E-state index in [2.05, 4.69) is 17.4 Å². The van der Waals surface area contributed by atoms with Crippen molar-refractivity contribution in [3.05, 3.63) is 65.7 Å². The molecule has 1 saturated carbocycles. The normalized spacial score (nSPS) is 15.9. The lowest BCUT2D eigenvalue weighted by molar-refractivity contribution is -0.116. The second-order valence-corrected chi connectivity index (χ2v) is 7.47. The molecule has 0 atom stereocenters. The van der Waals surface area contributed by atoms with Gasteiger partial charge in [0.2, 0.25) is 5.91 Å². The summed E-state index contributed by atoms with van der Waals surface area (Å²) in [5.74, 6) is 1.41. The molecule has 0 saturated heterocycles. The van der Waals surface area contributed by atoms with Gasteiger partial charge in [0.25, 0.3) is 0 Å². The first-order chi connectivity index (χ1) is 13.6. The molecular weight excluding hydrogens is 350 g/mol. The molecular formula is C24H29NO3. The molecule has 0 aliphatic heterocycles. The van der Waals surface area contributed by atoms with Crippen LogP contribution in [-0.4, -0.2) is 26.7 Å². The van der Waals surface area contributed by atoms with Gasteiger partial charge in [-0.15, -0.1) is 0 Å². The molecule has 0 unspecified atom stereocenters. The van der Waals surface area contributed by atoms with Crippen molar-refractivity contribution >= 4 is 11.5 Å². The van der Waals surface area contributed by atoms with Crippen molar-refractivity contribution in [2.24, 2.45) is 0 Å². The van der Waals surface area contributed by atoms with Gasteiger partial charge in [-0.2, -0.15) is 0 Å². The second-order valence-electron chi connectivity index (χ2n) is 7.47. The average Bonchev–Trinajstić information content (AvgIpc) is 3.22. The number of rotatable bonds is 7. The maximum Gasteiger partial charge on any atom is 0.244 e. The summed E-state index contributed by atoms with van der Waals surface area (Å²) >= 11 is 0. The number of benzene rings is 2. The first-order valence-corrected chi connectivity index (χ1v) is 9.82. The smallest absolute Gasteiger partial charge is 0.244 e. The van der Waals surface area contributed by atoms with E-state index in [-0.39, 0.29) is 11.3 Å². The van der Waals surface area contributed by atoms with Gasteiger partial charge in [-0.25, -0.2) is 0 Å². The number of allylic oxidation sites excluding steroid dienone is 1. The number of nitrogens with one attached hydrogen (secondary N) is 1. The molecule has 2 aromatic rings. The molecule has 0 heterocycles. The molecule has 1 aliphatic carbocycles. The Kier molecular flexibility index (Phi) is 6.40. The summed E-state index contributed by atoms with van der Waals surface area (Å²) in [5.41, 5.74) is 3.17. The minimum Gasteiger partial charge on any atom is -0.493 e. The summed E-state index contributed by atoms with van der Waals surface area (Å²) in [6.07, 6.45) is 6.15. The zero-order chi connectivity index (χ0) is 20.0.